The van der Waals surface area contributed by atoms with Crippen LogP contribution in [0.1, 0.15) is 70.1 Å². The van der Waals surface area contributed by atoms with Crippen LogP contribution in [0.5, 0.6) is 0 Å². The normalized spacial score (nSPS) is 23.4. The number of rotatable bonds is 8. The third-order valence-electron chi connectivity index (χ3n) is 6.11. The average Bonchev–Trinajstić information content (AvgIpc) is 3.41. The Hall–Kier alpha value is -1.38. The molecule has 3 rings (SSSR count). The summed E-state index contributed by atoms with van der Waals surface area (Å²) in [5.74, 6) is 1.39. The molecule has 25 heavy (non-hydrogen) atoms. The monoisotopic (exact) mass is 357 g/mol. The summed E-state index contributed by atoms with van der Waals surface area (Å²) < 4.78 is 6.66. The minimum Gasteiger partial charge on any atom is -0.414 e. The number of anilines is 1. The van der Waals surface area contributed by atoms with E-state index in [0.717, 1.165) is 30.8 Å². The summed E-state index contributed by atoms with van der Waals surface area (Å²) in [6.45, 7) is 6.86. The lowest BCUT2D eigenvalue weighted by atomic mass is 10.2. The molecule has 0 spiro atoms. The van der Waals surface area contributed by atoms with E-state index in [9.17, 15) is 5.26 Å². The first-order chi connectivity index (χ1) is 12.1. The Balaban J connectivity index is 1.63. The van der Waals surface area contributed by atoms with E-state index in [1.165, 1.54) is 31.0 Å². The van der Waals surface area contributed by atoms with Gasteiger partial charge in [-0.1, -0.05) is 20.8 Å². The molecule has 1 aromatic heterocycles. The van der Waals surface area contributed by atoms with Gasteiger partial charge in [-0.15, -0.1) is 0 Å². The van der Waals surface area contributed by atoms with Crippen LogP contribution in [-0.2, 0) is 4.43 Å². The van der Waals surface area contributed by atoms with E-state index in [2.05, 4.69) is 32.2 Å². The summed E-state index contributed by atoms with van der Waals surface area (Å²) in [5.41, 5.74) is 1.80. The molecule has 2 aliphatic carbocycles. The second kappa shape index (κ2) is 7.88. The van der Waals surface area contributed by atoms with Crippen LogP contribution < -0.4 is 5.32 Å². The van der Waals surface area contributed by atoms with Crippen molar-refractivity contribution in [2.75, 3.05) is 5.32 Å². The molecule has 0 aliphatic heterocycles. The smallest absolute Gasteiger partial charge is 0.192 e. The zero-order valence-corrected chi connectivity index (χ0v) is 16.8. The zero-order chi connectivity index (χ0) is 17.9. The number of hydrogen-bond donors (Lipinski definition) is 1. The lowest BCUT2D eigenvalue weighted by Gasteiger charge is -2.31. The summed E-state index contributed by atoms with van der Waals surface area (Å²) >= 11 is 0. The molecule has 2 atom stereocenters. The number of aromatic nitrogens is 1. The third kappa shape index (κ3) is 4.24. The number of hydrogen-bond acceptors (Lipinski definition) is 4. The number of nitrogens with one attached hydrogen (secondary N) is 1. The largest absolute Gasteiger partial charge is 0.414 e. The molecular formula is C20H31N3OSi. The summed E-state index contributed by atoms with van der Waals surface area (Å²) in [6, 6.07) is 10.2. The molecule has 5 heteroatoms. The predicted octanol–water partition coefficient (Wildman–Crippen LogP) is 5.19. The van der Waals surface area contributed by atoms with Crippen molar-refractivity contribution in [3.63, 3.8) is 0 Å². The van der Waals surface area contributed by atoms with Gasteiger partial charge in [0.15, 0.2) is 8.32 Å². The first kappa shape index (κ1) is 18.4. The molecule has 2 saturated carbocycles. The second-order valence-electron chi connectivity index (χ2n) is 7.66. The van der Waals surface area contributed by atoms with Gasteiger partial charge in [0.25, 0.3) is 0 Å². The molecule has 0 radical (unpaired) electrons. The molecule has 4 nitrogen and oxygen atoms in total. The topological polar surface area (TPSA) is 57.9 Å². The van der Waals surface area contributed by atoms with Crippen molar-refractivity contribution in [1.29, 1.82) is 5.26 Å². The van der Waals surface area contributed by atoms with Gasteiger partial charge >= 0.3 is 0 Å². The van der Waals surface area contributed by atoms with Gasteiger partial charge in [0.1, 0.15) is 11.9 Å². The van der Waals surface area contributed by atoms with Crippen LogP contribution in [0.2, 0.25) is 18.1 Å². The maximum atomic E-state index is 9.39. The first-order valence-electron chi connectivity index (χ1n) is 9.98. The van der Waals surface area contributed by atoms with Crippen LogP contribution >= 0.6 is 0 Å². The van der Waals surface area contributed by atoms with Crippen LogP contribution in [0.4, 0.5) is 5.82 Å². The third-order valence-corrected chi connectivity index (χ3v) is 10.8. The van der Waals surface area contributed by atoms with Crippen molar-refractivity contribution >= 4 is 14.1 Å². The van der Waals surface area contributed by atoms with Gasteiger partial charge in [0.05, 0.1) is 5.56 Å². The highest BCUT2D eigenvalue weighted by Gasteiger charge is 2.35. The van der Waals surface area contributed by atoms with Crippen molar-refractivity contribution in [2.45, 2.75) is 89.1 Å². The fourth-order valence-corrected chi connectivity index (χ4v) is 6.93. The first-order valence-corrected chi connectivity index (χ1v) is 12.5. The summed E-state index contributed by atoms with van der Waals surface area (Å²) in [5, 5.41) is 12.9. The Labute approximate surface area is 153 Å². The highest BCUT2D eigenvalue weighted by atomic mass is 28.4. The second-order valence-corrected chi connectivity index (χ2v) is 12.4. The van der Waals surface area contributed by atoms with Crippen LogP contribution in [0.25, 0.3) is 0 Å². The summed E-state index contributed by atoms with van der Waals surface area (Å²) in [7, 11) is -1.53. The number of nitrogens with zero attached hydrogens (tertiary/aromatic N) is 2. The zero-order valence-electron chi connectivity index (χ0n) is 15.8. The van der Waals surface area contributed by atoms with E-state index in [1.54, 1.807) is 0 Å². The van der Waals surface area contributed by atoms with Gasteiger partial charge in [0.2, 0.25) is 0 Å². The van der Waals surface area contributed by atoms with E-state index in [0.29, 0.717) is 23.6 Å². The molecule has 0 saturated heterocycles. The van der Waals surface area contributed by atoms with Crippen LogP contribution in [0, 0.1) is 11.3 Å². The fraction of sp³-hybridized carbons (Fsp3) is 0.700. The Morgan fingerprint density at radius 3 is 2.48 bits per heavy atom. The molecule has 0 amide bonds. The van der Waals surface area contributed by atoms with Gasteiger partial charge in [0, 0.05) is 23.8 Å². The predicted molar refractivity (Wildman–Crippen MR) is 104 cm³/mol. The fourth-order valence-electron chi connectivity index (χ4n) is 4.01. The standard InChI is InChI=1S/C20H31N3OSi/c1-4-25(5-2,6-3)24-18-11-10-17(13-18)22-20-16(14-21)9-12-19(23-20)15-7-8-15/h9,12,15,17-18H,4-8,10-11,13H2,1-3H3,(H,22,23). The maximum absolute atomic E-state index is 9.39. The number of nitriles is 1. The summed E-state index contributed by atoms with van der Waals surface area (Å²) in [4.78, 5) is 4.75. The Bertz CT molecular complexity index is 626. The van der Waals surface area contributed by atoms with E-state index >= 15 is 0 Å². The van der Waals surface area contributed by atoms with E-state index < -0.39 is 8.32 Å². The number of pyridine rings is 1. The van der Waals surface area contributed by atoms with Crippen LogP contribution in [-0.4, -0.2) is 25.4 Å². The molecule has 0 aromatic carbocycles. The molecule has 2 aliphatic rings. The van der Waals surface area contributed by atoms with Crippen molar-refractivity contribution in [3.8, 4) is 6.07 Å². The molecule has 0 bridgehead atoms. The van der Waals surface area contributed by atoms with Gasteiger partial charge in [-0.05, 0) is 62.4 Å². The molecule has 136 valence electrons. The van der Waals surface area contributed by atoms with Gasteiger partial charge < -0.3 is 9.74 Å². The van der Waals surface area contributed by atoms with Crippen LogP contribution in [0.15, 0.2) is 12.1 Å². The minimum absolute atomic E-state index is 0.372. The Morgan fingerprint density at radius 1 is 1.16 bits per heavy atom. The molecule has 1 aromatic rings. The SMILES string of the molecule is CC[Si](CC)(CC)OC1CCC(Nc2nc(C3CC3)ccc2C#N)C1. The lowest BCUT2D eigenvalue weighted by molar-refractivity contribution is 0.193. The molecule has 1 heterocycles. The maximum Gasteiger partial charge on any atom is 0.192 e. The van der Waals surface area contributed by atoms with E-state index in [1.807, 2.05) is 12.1 Å². The van der Waals surface area contributed by atoms with Gasteiger partial charge in [-0.2, -0.15) is 5.26 Å². The quantitative estimate of drug-likeness (QED) is 0.651. The van der Waals surface area contributed by atoms with Crippen molar-refractivity contribution in [2.24, 2.45) is 0 Å². The molecule has 1 N–H and O–H groups in total. The van der Waals surface area contributed by atoms with E-state index in [-0.39, 0.29) is 0 Å². The average molecular weight is 358 g/mol. The molecule has 2 fully saturated rings. The van der Waals surface area contributed by atoms with Crippen molar-refractivity contribution < 1.29 is 4.43 Å². The van der Waals surface area contributed by atoms with Gasteiger partial charge in [-0.3, -0.25) is 0 Å². The highest BCUT2D eigenvalue weighted by molar-refractivity contribution is 6.73. The minimum atomic E-state index is -1.53. The Morgan fingerprint density at radius 2 is 1.88 bits per heavy atom. The lowest BCUT2D eigenvalue weighted by Crippen LogP contribution is -2.39. The summed E-state index contributed by atoms with van der Waals surface area (Å²) in [6.07, 6.45) is 6.10. The Kier molecular flexibility index (Phi) is 5.80. The van der Waals surface area contributed by atoms with Crippen molar-refractivity contribution in [3.05, 3.63) is 23.4 Å². The van der Waals surface area contributed by atoms with Crippen LogP contribution in [0.3, 0.4) is 0 Å². The van der Waals surface area contributed by atoms with Gasteiger partial charge in [-0.25, -0.2) is 4.98 Å². The molecule has 2 unspecified atom stereocenters. The van der Waals surface area contributed by atoms with E-state index in [4.69, 9.17) is 9.41 Å². The van der Waals surface area contributed by atoms with Crippen molar-refractivity contribution in [1.82, 2.24) is 4.98 Å². The highest BCUT2D eigenvalue weighted by Crippen LogP contribution is 2.40. The molecular weight excluding hydrogens is 326 g/mol.